The second-order valence-corrected chi connectivity index (χ2v) is 18.2. The van der Waals surface area contributed by atoms with E-state index in [2.05, 4.69) is 61.5 Å². The summed E-state index contributed by atoms with van der Waals surface area (Å²) in [6, 6.07) is 0. The van der Waals surface area contributed by atoms with Crippen LogP contribution in [0.15, 0.2) is 23.2 Å². The number of hydrogen-bond acceptors (Lipinski definition) is 9. The van der Waals surface area contributed by atoms with Crippen molar-refractivity contribution in [1.82, 2.24) is 0 Å². The van der Waals surface area contributed by atoms with Crippen LogP contribution in [0.2, 0.25) is 0 Å². The molecule has 0 amide bonds. The number of hydrogen-bond donors (Lipinski definition) is 3. The molecular formula is C39H58O9. The average Bonchev–Trinajstić information content (AvgIpc) is 3.26. The summed E-state index contributed by atoms with van der Waals surface area (Å²) < 4.78 is 16.4. The monoisotopic (exact) mass is 670 g/mol. The number of aliphatic hydroxyl groups is 3. The first-order chi connectivity index (χ1) is 22.2. The summed E-state index contributed by atoms with van der Waals surface area (Å²) in [6.07, 6.45) is 7.76. The molecule has 13 atom stereocenters. The highest BCUT2D eigenvalue weighted by Crippen LogP contribution is 2.76. The molecule has 9 heteroatoms. The Morgan fingerprint density at radius 1 is 0.979 bits per heavy atom. The Hall–Kier alpha value is -2.55. The maximum absolute atomic E-state index is 13.6. The molecule has 9 nitrogen and oxygen atoms in total. The Kier molecular flexibility index (Phi) is 8.45. The van der Waals surface area contributed by atoms with E-state index in [4.69, 9.17) is 14.2 Å². The summed E-state index contributed by atoms with van der Waals surface area (Å²) in [5, 5.41) is 30.1. The SMILES string of the molecule is CC(=O)O[C@H]1CC[C@]2(C)C3CC=C4C5[C@@H](C)[C@H](C)C(C(=O)OC[C@@H](O)C6OC(=O)C(O)=C6O)C[C@]5(C)CC[C@@]4(C)[C@]3(C)CC[C@H]2C1(C)C. The topological polar surface area (TPSA) is 140 Å². The molecule has 0 bridgehead atoms. The lowest BCUT2D eigenvalue weighted by Crippen LogP contribution is -2.65. The second-order valence-electron chi connectivity index (χ2n) is 18.2. The van der Waals surface area contributed by atoms with Gasteiger partial charge in [0.1, 0.15) is 18.8 Å². The van der Waals surface area contributed by atoms with Crippen molar-refractivity contribution >= 4 is 17.9 Å². The number of carbonyl (C=O) groups is 3. The van der Waals surface area contributed by atoms with Crippen LogP contribution in [-0.2, 0) is 28.6 Å². The normalized spacial score (nSPS) is 47.0. The van der Waals surface area contributed by atoms with E-state index in [1.807, 2.05) is 0 Å². The van der Waals surface area contributed by atoms with E-state index in [0.29, 0.717) is 24.2 Å². The summed E-state index contributed by atoms with van der Waals surface area (Å²) in [5.74, 6) is -2.05. The lowest BCUT2D eigenvalue weighted by molar-refractivity contribution is -0.213. The van der Waals surface area contributed by atoms with Gasteiger partial charge < -0.3 is 29.5 Å². The molecule has 6 aliphatic rings. The summed E-state index contributed by atoms with van der Waals surface area (Å²) >= 11 is 0. The van der Waals surface area contributed by atoms with Gasteiger partial charge in [0, 0.05) is 12.3 Å². The molecule has 1 aliphatic heterocycles. The smallest absolute Gasteiger partial charge is 0.377 e. The summed E-state index contributed by atoms with van der Waals surface area (Å²) in [5.41, 5.74) is 1.78. The zero-order valence-electron chi connectivity index (χ0n) is 30.4. The van der Waals surface area contributed by atoms with E-state index >= 15 is 0 Å². The van der Waals surface area contributed by atoms with E-state index in [-0.39, 0.29) is 62.9 Å². The molecule has 4 unspecified atom stereocenters. The molecule has 0 radical (unpaired) electrons. The number of aliphatic hydroxyl groups excluding tert-OH is 3. The van der Waals surface area contributed by atoms with Gasteiger partial charge in [-0.2, -0.15) is 0 Å². The summed E-state index contributed by atoms with van der Waals surface area (Å²) in [6.45, 7) is 20.2. The molecule has 4 saturated carbocycles. The van der Waals surface area contributed by atoms with Crippen molar-refractivity contribution in [2.75, 3.05) is 6.61 Å². The highest BCUT2D eigenvalue weighted by atomic mass is 16.6. The zero-order chi connectivity index (χ0) is 35.4. The third-order valence-corrected chi connectivity index (χ3v) is 15.7. The Balaban J connectivity index is 1.22. The highest BCUT2D eigenvalue weighted by molar-refractivity contribution is 5.89. The number of esters is 3. The zero-order valence-corrected chi connectivity index (χ0v) is 30.4. The van der Waals surface area contributed by atoms with Crippen molar-refractivity contribution in [3.8, 4) is 0 Å². The van der Waals surface area contributed by atoms with Gasteiger partial charge in [-0.3, -0.25) is 9.59 Å². The molecule has 0 spiro atoms. The Labute approximate surface area is 285 Å². The van der Waals surface area contributed by atoms with Crippen LogP contribution in [0.4, 0.5) is 0 Å². The van der Waals surface area contributed by atoms with Crippen LogP contribution in [-0.4, -0.2) is 58.1 Å². The number of allylic oxidation sites excluding steroid dienone is 2. The predicted octanol–water partition coefficient (Wildman–Crippen LogP) is 6.98. The first-order valence-electron chi connectivity index (χ1n) is 18.3. The van der Waals surface area contributed by atoms with Crippen LogP contribution in [0.5, 0.6) is 0 Å². The van der Waals surface area contributed by atoms with Gasteiger partial charge in [-0.05, 0) is 103 Å². The van der Waals surface area contributed by atoms with Gasteiger partial charge >= 0.3 is 17.9 Å². The van der Waals surface area contributed by atoms with E-state index in [9.17, 15) is 29.7 Å². The molecular weight excluding hydrogens is 612 g/mol. The average molecular weight is 671 g/mol. The summed E-state index contributed by atoms with van der Waals surface area (Å²) in [7, 11) is 0. The van der Waals surface area contributed by atoms with Crippen molar-refractivity contribution < 1.29 is 43.9 Å². The lowest BCUT2D eigenvalue weighted by Gasteiger charge is -2.71. The number of ether oxygens (including phenoxy) is 3. The third kappa shape index (κ3) is 4.90. The molecule has 3 N–H and O–H groups in total. The minimum atomic E-state index is -1.49. The Morgan fingerprint density at radius 3 is 2.29 bits per heavy atom. The van der Waals surface area contributed by atoms with Crippen molar-refractivity contribution in [3.05, 3.63) is 23.2 Å². The molecule has 0 aromatic carbocycles. The number of rotatable bonds is 5. The van der Waals surface area contributed by atoms with E-state index in [1.165, 1.54) is 6.92 Å². The quantitative estimate of drug-likeness (QED) is 0.161. The first kappa shape index (κ1) is 35.3. The number of fused-ring (bicyclic) bond motifs is 7. The molecule has 1 heterocycles. The number of cyclic esters (lactones) is 1. The van der Waals surface area contributed by atoms with Crippen LogP contribution >= 0.6 is 0 Å². The van der Waals surface area contributed by atoms with Crippen molar-refractivity contribution in [2.24, 2.45) is 62.6 Å². The van der Waals surface area contributed by atoms with Gasteiger partial charge in [0.25, 0.3) is 0 Å². The van der Waals surface area contributed by atoms with Gasteiger partial charge in [-0.25, -0.2) is 4.79 Å². The third-order valence-electron chi connectivity index (χ3n) is 15.7. The fraction of sp³-hybridized carbons (Fsp3) is 0.821. The largest absolute Gasteiger partial charge is 0.505 e. The maximum atomic E-state index is 13.6. The molecule has 5 aliphatic carbocycles. The minimum absolute atomic E-state index is 0.0387. The molecule has 4 fully saturated rings. The van der Waals surface area contributed by atoms with E-state index in [1.54, 1.807) is 5.57 Å². The van der Waals surface area contributed by atoms with Crippen LogP contribution in [0, 0.1) is 62.6 Å². The molecule has 268 valence electrons. The molecule has 0 aromatic rings. The standard InChI is InChI=1S/C39H58O9/c1-20-21(2)29-24-10-11-27-37(7)14-13-28(47-22(3)40)35(4,5)26(37)12-15-39(27,9)38(24,8)17-16-36(29,6)18-23(20)33(44)46-19-25(41)32-30(42)31(43)34(45)48-32/h10,20-21,23,25-29,32,41-43H,11-19H2,1-9H3/t20-,21-,23?,25+,26-,27?,28-,29?,32?,36-,37-,38+,39+/m0/s1. The Bertz CT molecular complexity index is 1430. The second kappa shape index (κ2) is 11.5. The fourth-order valence-corrected chi connectivity index (χ4v) is 12.8. The van der Waals surface area contributed by atoms with Crippen molar-refractivity contribution in [1.29, 1.82) is 0 Å². The van der Waals surface area contributed by atoms with Gasteiger partial charge in [0.15, 0.2) is 11.9 Å². The van der Waals surface area contributed by atoms with Gasteiger partial charge in [-0.15, -0.1) is 0 Å². The van der Waals surface area contributed by atoms with Crippen molar-refractivity contribution in [2.45, 2.75) is 132 Å². The molecule has 48 heavy (non-hydrogen) atoms. The first-order valence-corrected chi connectivity index (χ1v) is 18.3. The van der Waals surface area contributed by atoms with Crippen LogP contribution < -0.4 is 0 Å². The van der Waals surface area contributed by atoms with Crippen LogP contribution in [0.25, 0.3) is 0 Å². The van der Waals surface area contributed by atoms with Gasteiger partial charge in [0.05, 0.1) is 5.92 Å². The molecule has 0 saturated heterocycles. The van der Waals surface area contributed by atoms with Crippen LogP contribution in [0.1, 0.15) is 114 Å². The lowest BCUT2D eigenvalue weighted by atomic mass is 9.33. The maximum Gasteiger partial charge on any atom is 0.377 e. The highest BCUT2D eigenvalue weighted by Gasteiger charge is 2.69. The Morgan fingerprint density at radius 2 is 1.67 bits per heavy atom. The minimum Gasteiger partial charge on any atom is -0.505 e. The van der Waals surface area contributed by atoms with Crippen LogP contribution in [0.3, 0.4) is 0 Å². The summed E-state index contributed by atoms with van der Waals surface area (Å²) in [4.78, 5) is 37.2. The van der Waals surface area contributed by atoms with Crippen molar-refractivity contribution in [3.63, 3.8) is 0 Å². The van der Waals surface area contributed by atoms with Gasteiger partial charge in [0.2, 0.25) is 5.76 Å². The van der Waals surface area contributed by atoms with E-state index in [0.717, 1.165) is 44.9 Å². The van der Waals surface area contributed by atoms with Gasteiger partial charge in [-0.1, -0.05) is 67.0 Å². The predicted molar refractivity (Wildman–Crippen MR) is 178 cm³/mol. The number of carbonyl (C=O) groups excluding carboxylic acids is 3. The van der Waals surface area contributed by atoms with E-state index < -0.39 is 36.3 Å². The fourth-order valence-electron chi connectivity index (χ4n) is 12.8. The molecule has 6 rings (SSSR count). The molecule has 0 aromatic heterocycles.